The number of nitrogens with one attached hydrogen (secondary N) is 1. The number of rotatable bonds is 5. The monoisotopic (exact) mass is 310 g/mol. The van der Waals surface area contributed by atoms with E-state index in [1.165, 1.54) is 0 Å². The number of carboxylic acid groups (broad SMARTS) is 1. The average Bonchev–Trinajstić information content (AvgIpc) is 3.08. The van der Waals surface area contributed by atoms with Crippen molar-refractivity contribution >= 4 is 23.3 Å². The highest BCUT2D eigenvalue weighted by Crippen LogP contribution is 2.30. The molecule has 1 aromatic heterocycles. The summed E-state index contributed by atoms with van der Waals surface area (Å²) in [6.07, 6.45) is 1.98. The first-order valence-corrected chi connectivity index (χ1v) is 7.99. The molecule has 2 amide bonds. The molecule has 0 aliphatic heterocycles. The summed E-state index contributed by atoms with van der Waals surface area (Å²) in [5, 5.41) is 14.0. The molecule has 0 spiro atoms. The molecule has 1 fully saturated rings. The first-order valence-electron chi connectivity index (χ1n) is 7.11. The number of urea groups is 1. The molecule has 5 nitrogen and oxygen atoms in total. The van der Waals surface area contributed by atoms with Crippen molar-refractivity contribution in [2.24, 2.45) is 5.41 Å². The lowest BCUT2D eigenvalue weighted by atomic mass is 9.87. The zero-order valence-corrected chi connectivity index (χ0v) is 13.4. The maximum atomic E-state index is 12.5. The third-order valence-electron chi connectivity index (χ3n) is 3.54. The fraction of sp³-hybridized carbons (Fsp3) is 0.600. The predicted molar refractivity (Wildman–Crippen MR) is 82.3 cm³/mol. The van der Waals surface area contributed by atoms with Gasteiger partial charge >= 0.3 is 12.0 Å². The minimum absolute atomic E-state index is 0.238. The van der Waals surface area contributed by atoms with Crippen molar-refractivity contribution in [3.05, 3.63) is 22.4 Å². The quantitative estimate of drug-likeness (QED) is 0.878. The highest BCUT2D eigenvalue weighted by Gasteiger charge is 2.37. The van der Waals surface area contributed by atoms with E-state index in [4.69, 9.17) is 0 Å². The van der Waals surface area contributed by atoms with Crippen LogP contribution in [0.1, 0.15) is 38.5 Å². The second kappa shape index (κ2) is 6.05. The molecule has 1 atom stereocenters. The van der Waals surface area contributed by atoms with E-state index in [0.717, 1.165) is 17.7 Å². The molecule has 1 saturated carbocycles. The molecule has 0 saturated heterocycles. The first-order chi connectivity index (χ1) is 9.79. The lowest BCUT2D eigenvalue weighted by molar-refractivity contribution is -0.142. The van der Waals surface area contributed by atoms with Gasteiger partial charge in [0.25, 0.3) is 0 Å². The van der Waals surface area contributed by atoms with Crippen LogP contribution in [0.25, 0.3) is 0 Å². The second-order valence-electron chi connectivity index (χ2n) is 6.53. The fourth-order valence-corrected chi connectivity index (χ4v) is 2.88. The van der Waals surface area contributed by atoms with Crippen LogP contribution in [0.2, 0.25) is 0 Å². The molecule has 6 heteroatoms. The number of carbonyl (C=O) groups is 2. The Hall–Kier alpha value is -1.56. The molecule has 1 aliphatic carbocycles. The Balaban J connectivity index is 2.06. The van der Waals surface area contributed by atoms with E-state index in [0.29, 0.717) is 6.54 Å². The molecule has 116 valence electrons. The van der Waals surface area contributed by atoms with Gasteiger partial charge < -0.3 is 15.3 Å². The molecule has 0 aromatic carbocycles. The number of aliphatic carboxylic acids is 1. The molecule has 1 aliphatic rings. The summed E-state index contributed by atoms with van der Waals surface area (Å²) in [4.78, 5) is 26.7. The highest BCUT2D eigenvalue weighted by atomic mass is 32.1. The molecule has 21 heavy (non-hydrogen) atoms. The van der Waals surface area contributed by atoms with Gasteiger partial charge in [0.2, 0.25) is 0 Å². The van der Waals surface area contributed by atoms with Crippen molar-refractivity contribution in [3.63, 3.8) is 0 Å². The summed E-state index contributed by atoms with van der Waals surface area (Å²) < 4.78 is 0. The summed E-state index contributed by atoms with van der Waals surface area (Å²) in [6.45, 7) is 5.98. The number of amides is 2. The molecular formula is C15H22N2O3S. The molecule has 0 unspecified atom stereocenters. The van der Waals surface area contributed by atoms with E-state index in [1.807, 2.05) is 38.3 Å². The van der Waals surface area contributed by atoms with Crippen LogP contribution in [0.4, 0.5) is 4.79 Å². The number of thiophene rings is 1. The molecular weight excluding hydrogens is 288 g/mol. The van der Waals surface area contributed by atoms with Gasteiger partial charge in [0, 0.05) is 10.9 Å². The van der Waals surface area contributed by atoms with Crippen molar-refractivity contribution in [3.8, 4) is 0 Å². The van der Waals surface area contributed by atoms with Gasteiger partial charge in [-0.05, 0) is 29.7 Å². The SMILES string of the molecule is CC(C)(C)[C@H](NC(=O)N(Cc1cccs1)C1CC1)C(=O)O. The number of hydrogen-bond donors (Lipinski definition) is 2. The zero-order valence-electron chi connectivity index (χ0n) is 12.6. The topological polar surface area (TPSA) is 69.6 Å². The fourth-order valence-electron chi connectivity index (χ4n) is 2.18. The Morgan fingerprint density at radius 3 is 2.57 bits per heavy atom. The van der Waals surface area contributed by atoms with E-state index in [1.54, 1.807) is 16.2 Å². The number of carbonyl (C=O) groups excluding carboxylic acids is 1. The largest absolute Gasteiger partial charge is 0.480 e. The molecule has 2 N–H and O–H groups in total. The minimum atomic E-state index is -0.997. The lowest BCUT2D eigenvalue weighted by Gasteiger charge is -2.31. The number of carboxylic acids is 1. The number of nitrogens with zero attached hydrogens (tertiary/aromatic N) is 1. The van der Waals surface area contributed by atoms with Gasteiger partial charge in [0.1, 0.15) is 6.04 Å². The summed E-state index contributed by atoms with van der Waals surface area (Å²) in [5.41, 5.74) is -0.528. The van der Waals surface area contributed by atoms with Crippen LogP contribution in [0.3, 0.4) is 0 Å². The predicted octanol–water partition coefficient (Wildman–Crippen LogP) is 2.92. The summed E-state index contributed by atoms with van der Waals surface area (Å²) in [6, 6.07) is 3.01. The van der Waals surface area contributed by atoms with Gasteiger partial charge in [-0.25, -0.2) is 9.59 Å². The van der Waals surface area contributed by atoms with Gasteiger partial charge in [-0.3, -0.25) is 0 Å². The smallest absolute Gasteiger partial charge is 0.326 e. The highest BCUT2D eigenvalue weighted by molar-refractivity contribution is 7.09. The first kappa shape index (κ1) is 15.8. The van der Waals surface area contributed by atoms with Crippen LogP contribution in [0, 0.1) is 5.41 Å². The van der Waals surface area contributed by atoms with Crippen LogP contribution in [-0.4, -0.2) is 34.1 Å². The third kappa shape index (κ3) is 4.20. The standard InChI is InChI=1S/C15H22N2O3S/c1-15(2,3)12(13(18)19)16-14(20)17(10-6-7-10)9-11-5-4-8-21-11/h4-5,8,10,12H,6-7,9H2,1-3H3,(H,16,20)(H,18,19)/t12-/m1/s1. The molecule has 1 heterocycles. The molecule has 0 bridgehead atoms. The third-order valence-corrected chi connectivity index (χ3v) is 4.40. The van der Waals surface area contributed by atoms with Gasteiger partial charge in [-0.15, -0.1) is 11.3 Å². The Kier molecular flexibility index (Phi) is 4.56. The Morgan fingerprint density at radius 1 is 1.48 bits per heavy atom. The van der Waals surface area contributed by atoms with Crippen LogP contribution in [0.15, 0.2) is 17.5 Å². The summed E-state index contributed by atoms with van der Waals surface area (Å²) in [7, 11) is 0. The van der Waals surface area contributed by atoms with Gasteiger partial charge in [0.05, 0.1) is 6.54 Å². The Labute approximate surface area is 129 Å². The molecule has 0 radical (unpaired) electrons. The number of hydrogen-bond acceptors (Lipinski definition) is 3. The van der Waals surface area contributed by atoms with Crippen LogP contribution < -0.4 is 5.32 Å². The Bertz CT molecular complexity index is 503. The molecule has 1 aromatic rings. The van der Waals surface area contributed by atoms with Gasteiger partial charge in [0.15, 0.2) is 0 Å². The molecule has 2 rings (SSSR count). The van der Waals surface area contributed by atoms with Crippen molar-refractivity contribution < 1.29 is 14.7 Å². The van der Waals surface area contributed by atoms with Crippen molar-refractivity contribution in [1.29, 1.82) is 0 Å². The van der Waals surface area contributed by atoms with Crippen molar-refractivity contribution in [2.75, 3.05) is 0 Å². The summed E-state index contributed by atoms with van der Waals surface area (Å²) >= 11 is 1.61. The second-order valence-corrected chi connectivity index (χ2v) is 7.56. The van der Waals surface area contributed by atoms with Gasteiger partial charge in [-0.2, -0.15) is 0 Å². The van der Waals surface area contributed by atoms with Crippen LogP contribution >= 0.6 is 11.3 Å². The average molecular weight is 310 g/mol. The maximum absolute atomic E-state index is 12.5. The van der Waals surface area contributed by atoms with E-state index in [-0.39, 0.29) is 12.1 Å². The zero-order chi connectivity index (χ0) is 15.6. The maximum Gasteiger partial charge on any atom is 0.326 e. The minimum Gasteiger partial charge on any atom is -0.480 e. The van der Waals surface area contributed by atoms with Crippen molar-refractivity contribution in [1.82, 2.24) is 10.2 Å². The van der Waals surface area contributed by atoms with E-state index >= 15 is 0 Å². The van der Waals surface area contributed by atoms with Crippen LogP contribution in [0.5, 0.6) is 0 Å². The van der Waals surface area contributed by atoms with Crippen molar-refractivity contribution in [2.45, 2.75) is 52.2 Å². The normalized spacial score (nSPS) is 16.3. The summed E-state index contributed by atoms with van der Waals surface area (Å²) in [5.74, 6) is -0.997. The Morgan fingerprint density at radius 2 is 2.14 bits per heavy atom. The van der Waals surface area contributed by atoms with Crippen LogP contribution in [-0.2, 0) is 11.3 Å². The van der Waals surface area contributed by atoms with E-state index < -0.39 is 17.4 Å². The van der Waals surface area contributed by atoms with E-state index in [9.17, 15) is 14.7 Å². The lowest BCUT2D eigenvalue weighted by Crippen LogP contribution is -2.53. The van der Waals surface area contributed by atoms with Gasteiger partial charge in [-0.1, -0.05) is 26.8 Å². The van der Waals surface area contributed by atoms with E-state index in [2.05, 4.69) is 5.32 Å².